The minimum atomic E-state index is 0.255. The zero-order chi connectivity index (χ0) is 10.7. The molecule has 1 atom stereocenters. The zero-order valence-electron chi connectivity index (χ0n) is 8.81. The number of rotatable bonds is 4. The standard InChI is InChI=1S/C9H14N6/c1-7(8-3-11-12-4-8)10-5-9-6-15(2)14-13-9/h3-4,6-7,10H,5H2,1-2H3,(H,11,12). The van der Waals surface area contributed by atoms with Gasteiger partial charge in [-0.05, 0) is 6.92 Å². The minimum absolute atomic E-state index is 0.255. The van der Waals surface area contributed by atoms with Crippen LogP contribution in [-0.2, 0) is 13.6 Å². The van der Waals surface area contributed by atoms with E-state index in [0.29, 0.717) is 6.54 Å². The van der Waals surface area contributed by atoms with E-state index in [1.54, 1.807) is 4.68 Å². The molecule has 0 aromatic carbocycles. The van der Waals surface area contributed by atoms with Crippen molar-refractivity contribution in [1.82, 2.24) is 30.5 Å². The lowest BCUT2D eigenvalue weighted by Gasteiger charge is -2.09. The molecule has 0 saturated carbocycles. The van der Waals surface area contributed by atoms with Crippen LogP contribution in [0.1, 0.15) is 24.2 Å². The second-order valence-electron chi connectivity index (χ2n) is 3.52. The molecule has 0 fully saturated rings. The molecule has 2 aromatic heterocycles. The first-order valence-electron chi connectivity index (χ1n) is 4.83. The molecular formula is C9H14N6. The summed E-state index contributed by atoms with van der Waals surface area (Å²) in [6.07, 6.45) is 5.60. The van der Waals surface area contributed by atoms with E-state index in [4.69, 9.17) is 0 Å². The fourth-order valence-electron chi connectivity index (χ4n) is 1.35. The van der Waals surface area contributed by atoms with Crippen molar-refractivity contribution in [1.29, 1.82) is 0 Å². The highest BCUT2D eigenvalue weighted by Crippen LogP contribution is 2.09. The minimum Gasteiger partial charge on any atom is -0.304 e. The van der Waals surface area contributed by atoms with Gasteiger partial charge in [-0.2, -0.15) is 5.10 Å². The summed E-state index contributed by atoms with van der Waals surface area (Å²) >= 11 is 0. The predicted octanol–water partition coefficient (Wildman–Crippen LogP) is 0.389. The highest BCUT2D eigenvalue weighted by molar-refractivity contribution is 5.08. The van der Waals surface area contributed by atoms with Crippen LogP contribution in [0.3, 0.4) is 0 Å². The molecule has 6 nitrogen and oxygen atoms in total. The van der Waals surface area contributed by atoms with Crippen molar-refractivity contribution in [2.75, 3.05) is 0 Å². The maximum atomic E-state index is 4.00. The van der Waals surface area contributed by atoms with Gasteiger partial charge >= 0.3 is 0 Å². The van der Waals surface area contributed by atoms with Crippen molar-refractivity contribution >= 4 is 0 Å². The molecule has 80 valence electrons. The van der Waals surface area contributed by atoms with Crippen LogP contribution in [0.5, 0.6) is 0 Å². The van der Waals surface area contributed by atoms with E-state index in [0.717, 1.165) is 11.3 Å². The molecule has 0 spiro atoms. The van der Waals surface area contributed by atoms with Gasteiger partial charge < -0.3 is 5.32 Å². The van der Waals surface area contributed by atoms with Crippen LogP contribution >= 0.6 is 0 Å². The van der Waals surface area contributed by atoms with Crippen LogP contribution in [0, 0.1) is 0 Å². The van der Waals surface area contributed by atoms with Gasteiger partial charge in [0.15, 0.2) is 0 Å². The number of H-pyrrole nitrogens is 1. The van der Waals surface area contributed by atoms with E-state index < -0.39 is 0 Å². The Bertz CT molecular complexity index is 404. The van der Waals surface area contributed by atoms with Crippen LogP contribution < -0.4 is 5.32 Å². The molecule has 0 bridgehead atoms. The van der Waals surface area contributed by atoms with Crippen LogP contribution in [-0.4, -0.2) is 25.2 Å². The average molecular weight is 206 g/mol. The Morgan fingerprint density at radius 2 is 2.47 bits per heavy atom. The van der Waals surface area contributed by atoms with E-state index in [1.807, 2.05) is 25.6 Å². The van der Waals surface area contributed by atoms with E-state index in [-0.39, 0.29) is 6.04 Å². The van der Waals surface area contributed by atoms with E-state index in [1.165, 1.54) is 0 Å². The van der Waals surface area contributed by atoms with Crippen LogP contribution in [0.4, 0.5) is 0 Å². The first kappa shape index (κ1) is 9.85. The lowest BCUT2D eigenvalue weighted by atomic mass is 10.2. The van der Waals surface area contributed by atoms with Gasteiger partial charge in [0.25, 0.3) is 0 Å². The Labute approximate surface area is 87.7 Å². The highest BCUT2D eigenvalue weighted by Gasteiger charge is 2.06. The van der Waals surface area contributed by atoms with Crippen LogP contribution in [0.15, 0.2) is 18.6 Å². The summed E-state index contributed by atoms with van der Waals surface area (Å²) in [5.74, 6) is 0. The third-order valence-corrected chi connectivity index (χ3v) is 2.26. The summed E-state index contributed by atoms with van der Waals surface area (Å²) in [4.78, 5) is 0. The van der Waals surface area contributed by atoms with Crippen LogP contribution in [0.25, 0.3) is 0 Å². The Morgan fingerprint density at radius 1 is 1.60 bits per heavy atom. The largest absolute Gasteiger partial charge is 0.304 e. The van der Waals surface area contributed by atoms with E-state index >= 15 is 0 Å². The lowest BCUT2D eigenvalue weighted by Crippen LogP contribution is -2.17. The Kier molecular flexibility index (Phi) is 2.77. The highest BCUT2D eigenvalue weighted by atomic mass is 15.4. The molecule has 2 aromatic rings. The van der Waals surface area contributed by atoms with Crippen molar-refractivity contribution in [2.24, 2.45) is 7.05 Å². The summed E-state index contributed by atoms with van der Waals surface area (Å²) in [6.45, 7) is 2.79. The molecule has 0 saturated heterocycles. The Morgan fingerprint density at radius 3 is 3.07 bits per heavy atom. The predicted molar refractivity (Wildman–Crippen MR) is 54.8 cm³/mol. The molecule has 2 heterocycles. The monoisotopic (exact) mass is 206 g/mol. The molecule has 0 aliphatic rings. The second kappa shape index (κ2) is 4.22. The molecule has 1 unspecified atom stereocenters. The van der Waals surface area contributed by atoms with Gasteiger partial charge in [-0.3, -0.25) is 9.78 Å². The molecule has 0 radical (unpaired) electrons. The van der Waals surface area contributed by atoms with Crippen molar-refractivity contribution in [3.8, 4) is 0 Å². The van der Waals surface area contributed by atoms with Crippen LogP contribution in [0.2, 0.25) is 0 Å². The number of hydrogen-bond acceptors (Lipinski definition) is 4. The Balaban J connectivity index is 1.88. The van der Waals surface area contributed by atoms with Gasteiger partial charge in [-0.25, -0.2) is 0 Å². The smallest absolute Gasteiger partial charge is 0.0964 e. The summed E-state index contributed by atoms with van der Waals surface area (Å²) in [5, 5.41) is 17.9. The van der Waals surface area contributed by atoms with Crippen molar-refractivity contribution in [2.45, 2.75) is 19.5 Å². The van der Waals surface area contributed by atoms with Crippen molar-refractivity contribution < 1.29 is 0 Å². The third kappa shape index (κ3) is 2.41. The van der Waals surface area contributed by atoms with E-state index in [9.17, 15) is 0 Å². The zero-order valence-corrected chi connectivity index (χ0v) is 8.81. The molecule has 2 N–H and O–H groups in total. The van der Waals surface area contributed by atoms with Gasteiger partial charge in [0.2, 0.25) is 0 Å². The number of aromatic nitrogens is 5. The van der Waals surface area contributed by atoms with Gasteiger partial charge in [0.1, 0.15) is 0 Å². The summed E-state index contributed by atoms with van der Waals surface area (Å²) in [7, 11) is 1.86. The van der Waals surface area contributed by atoms with Gasteiger partial charge in [-0.15, -0.1) is 5.10 Å². The second-order valence-corrected chi connectivity index (χ2v) is 3.52. The topological polar surface area (TPSA) is 71.4 Å². The first-order chi connectivity index (χ1) is 7.25. The molecule has 15 heavy (non-hydrogen) atoms. The number of hydrogen-bond donors (Lipinski definition) is 2. The van der Waals surface area contributed by atoms with Crippen molar-refractivity contribution in [3.63, 3.8) is 0 Å². The molecular weight excluding hydrogens is 192 g/mol. The molecule has 0 aliphatic heterocycles. The third-order valence-electron chi connectivity index (χ3n) is 2.26. The quantitative estimate of drug-likeness (QED) is 0.759. The fourth-order valence-corrected chi connectivity index (χ4v) is 1.35. The van der Waals surface area contributed by atoms with E-state index in [2.05, 4.69) is 32.7 Å². The maximum absolute atomic E-state index is 4.00. The molecule has 2 rings (SSSR count). The number of nitrogens with zero attached hydrogens (tertiary/aromatic N) is 4. The number of aromatic amines is 1. The summed E-state index contributed by atoms with van der Waals surface area (Å²) in [5.41, 5.74) is 2.08. The number of aryl methyl sites for hydroxylation is 1. The summed E-state index contributed by atoms with van der Waals surface area (Å²) in [6, 6.07) is 0.255. The van der Waals surface area contributed by atoms with Gasteiger partial charge in [-0.1, -0.05) is 5.21 Å². The Hall–Kier alpha value is -1.69. The summed E-state index contributed by atoms with van der Waals surface area (Å²) < 4.78 is 1.69. The van der Waals surface area contributed by atoms with Crippen molar-refractivity contribution in [3.05, 3.63) is 29.8 Å². The first-order valence-corrected chi connectivity index (χ1v) is 4.83. The SMILES string of the molecule is CC(NCc1cn(C)nn1)c1cn[nH]c1. The molecule has 6 heteroatoms. The number of nitrogens with one attached hydrogen (secondary N) is 2. The normalized spacial score (nSPS) is 12.9. The fraction of sp³-hybridized carbons (Fsp3) is 0.444. The lowest BCUT2D eigenvalue weighted by molar-refractivity contribution is 0.567. The maximum Gasteiger partial charge on any atom is 0.0964 e. The van der Waals surface area contributed by atoms with Gasteiger partial charge in [0, 0.05) is 37.6 Å². The average Bonchev–Trinajstić information content (AvgIpc) is 2.84. The molecule has 0 amide bonds. The molecule has 0 aliphatic carbocycles. The van der Waals surface area contributed by atoms with Gasteiger partial charge in [0.05, 0.1) is 11.9 Å².